The molecule has 2 aromatic carbocycles. The van der Waals surface area contributed by atoms with Crippen molar-refractivity contribution in [3.05, 3.63) is 34.9 Å². The normalized spacial score (nSPS) is 22.0. The molecule has 2 aliphatic rings. The van der Waals surface area contributed by atoms with E-state index in [0.29, 0.717) is 24.1 Å². The van der Waals surface area contributed by atoms with Gasteiger partial charge in [-0.3, -0.25) is 9.28 Å². The van der Waals surface area contributed by atoms with Crippen LogP contribution in [0, 0.1) is 0 Å². The summed E-state index contributed by atoms with van der Waals surface area (Å²) in [6.07, 6.45) is 0.585. The number of likely N-dealkylation sites (N-methyl/N-ethyl adjacent to an activating group) is 1. The van der Waals surface area contributed by atoms with Gasteiger partial charge in [-0.05, 0) is 23.8 Å². The molecule has 1 aliphatic heterocycles. The van der Waals surface area contributed by atoms with Crippen molar-refractivity contribution in [2.75, 3.05) is 34.9 Å². The van der Waals surface area contributed by atoms with E-state index in [0.717, 1.165) is 0 Å². The van der Waals surface area contributed by atoms with Crippen LogP contribution in [0.2, 0.25) is 0 Å². The number of fused-ring (bicyclic) bond motifs is 2. The molecule has 7 heteroatoms. The maximum absolute atomic E-state index is 13.4. The number of Topliss-reactive ketones (excluding diaryl/α,β-unsaturated/α-hetero) is 1. The van der Waals surface area contributed by atoms with Crippen molar-refractivity contribution in [2.24, 2.45) is 0 Å². The summed E-state index contributed by atoms with van der Waals surface area (Å²) in [5, 5.41) is 33.3. The molecule has 1 unspecified atom stereocenters. The fourth-order valence-electron chi connectivity index (χ4n) is 4.31. The lowest BCUT2D eigenvalue weighted by molar-refractivity contribution is -0.965. The number of phenols is 2. The molecule has 4 rings (SSSR count). The first-order valence-corrected chi connectivity index (χ1v) is 8.63. The van der Waals surface area contributed by atoms with Crippen LogP contribution in [0.25, 0.3) is 11.1 Å². The van der Waals surface area contributed by atoms with E-state index in [1.165, 1.54) is 26.4 Å². The molecule has 1 atom stereocenters. The van der Waals surface area contributed by atoms with Crippen molar-refractivity contribution in [1.29, 1.82) is 0 Å². The summed E-state index contributed by atoms with van der Waals surface area (Å²) in [6, 6.07) is 4.62. The second-order valence-electron chi connectivity index (χ2n) is 7.54. The fraction of sp³-hybridized carbons (Fsp3) is 0.350. The maximum Gasteiger partial charge on any atom is 0.293 e. The number of quaternary nitrogens is 1. The standard InChI is InChI=1S/C20H21NO6/c1-21(2)8-7-10-9-13(27-4)18(23)15-14-11(5-6-12(26-3)17(14)22)19(24)20(21,25)16(10)15/h5-6,9,25H,7-8H2,1-4H3,(H-,22,23,24)/p+1. The highest BCUT2D eigenvalue weighted by Crippen LogP contribution is 2.57. The van der Waals surface area contributed by atoms with Gasteiger partial charge in [0.2, 0.25) is 0 Å². The van der Waals surface area contributed by atoms with Crippen molar-refractivity contribution in [2.45, 2.75) is 12.1 Å². The monoisotopic (exact) mass is 372 g/mol. The van der Waals surface area contributed by atoms with Gasteiger partial charge in [0.25, 0.3) is 11.5 Å². The molecule has 0 fully saturated rings. The van der Waals surface area contributed by atoms with Gasteiger partial charge in [0.15, 0.2) is 23.0 Å². The predicted molar refractivity (Wildman–Crippen MR) is 97.2 cm³/mol. The highest BCUT2D eigenvalue weighted by atomic mass is 16.5. The lowest BCUT2D eigenvalue weighted by Crippen LogP contribution is -2.65. The van der Waals surface area contributed by atoms with Crippen LogP contribution in [0.3, 0.4) is 0 Å². The molecule has 1 heterocycles. The fourth-order valence-corrected chi connectivity index (χ4v) is 4.31. The zero-order valence-corrected chi connectivity index (χ0v) is 15.7. The first-order valence-electron chi connectivity index (χ1n) is 8.63. The highest BCUT2D eigenvalue weighted by Gasteiger charge is 2.61. The topological polar surface area (TPSA) is 96.2 Å². The first kappa shape index (κ1) is 17.6. The number of phenolic OH excluding ortho intramolecular Hbond substituents is 2. The summed E-state index contributed by atoms with van der Waals surface area (Å²) in [5.74, 6) is -0.604. The summed E-state index contributed by atoms with van der Waals surface area (Å²) in [5.41, 5.74) is -0.354. The number of benzene rings is 2. The Morgan fingerprint density at radius 1 is 1.04 bits per heavy atom. The van der Waals surface area contributed by atoms with E-state index < -0.39 is 11.5 Å². The SMILES string of the molecule is COc1ccc2c(c1O)-c1c(O)c(OC)cc3c1C(O)(C2=O)[N+](C)(C)CC3. The van der Waals surface area contributed by atoms with Crippen molar-refractivity contribution < 1.29 is 34.1 Å². The number of rotatable bonds is 2. The zero-order chi connectivity index (χ0) is 19.7. The predicted octanol–water partition coefficient (Wildman–Crippen LogP) is 1.76. The Bertz CT molecular complexity index is 997. The Labute approximate surface area is 156 Å². The van der Waals surface area contributed by atoms with Gasteiger partial charge in [-0.15, -0.1) is 0 Å². The lowest BCUT2D eigenvalue weighted by Gasteiger charge is -2.50. The molecule has 0 radical (unpaired) electrons. The quantitative estimate of drug-likeness (QED) is 0.695. The summed E-state index contributed by atoms with van der Waals surface area (Å²) < 4.78 is 10.5. The molecule has 0 aromatic heterocycles. The molecular weight excluding hydrogens is 350 g/mol. The Kier molecular flexibility index (Phi) is 3.51. The third-order valence-electron chi connectivity index (χ3n) is 5.90. The minimum absolute atomic E-state index is 0.0177. The van der Waals surface area contributed by atoms with Gasteiger partial charge < -0.3 is 24.8 Å². The molecule has 0 amide bonds. The Morgan fingerprint density at radius 2 is 1.67 bits per heavy atom. The van der Waals surface area contributed by atoms with Gasteiger partial charge >= 0.3 is 0 Å². The van der Waals surface area contributed by atoms with Crippen molar-refractivity contribution >= 4 is 5.78 Å². The summed E-state index contributed by atoms with van der Waals surface area (Å²) >= 11 is 0. The summed E-state index contributed by atoms with van der Waals surface area (Å²) in [7, 11) is 6.40. The molecule has 3 N–H and O–H groups in total. The van der Waals surface area contributed by atoms with Crippen LogP contribution in [-0.2, 0) is 12.1 Å². The second kappa shape index (κ2) is 5.37. The summed E-state index contributed by atoms with van der Waals surface area (Å²) in [6.45, 7) is 0.528. The van der Waals surface area contributed by atoms with Gasteiger partial charge in [-0.25, -0.2) is 0 Å². The average Bonchev–Trinajstić information content (AvgIpc) is 2.64. The van der Waals surface area contributed by atoms with E-state index in [1.54, 1.807) is 20.2 Å². The lowest BCUT2D eigenvalue weighted by atomic mass is 9.72. The molecular formula is C20H22NO6+. The van der Waals surface area contributed by atoms with Crippen LogP contribution in [0.1, 0.15) is 21.5 Å². The number of carbonyl (C=O) groups excluding carboxylic acids is 1. The minimum atomic E-state index is -1.87. The number of hydrogen-bond acceptors (Lipinski definition) is 6. The molecule has 1 aliphatic carbocycles. The first-order chi connectivity index (χ1) is 12.7. The van der Waals surface area contributed by atoms with E-state index in [2.05, 4.69) is 0 Å². The van der Waals surface area contributed by atoms with Crippen LogP contribution in [-0.4, -0.2) is 60.4 Å². The average molecular weight is 372 g/mol. The van der Waals surface area contributed by atoms with Gasteiger partial charge in [-0.2, -0.15) is 0 Å². The van der Waals surface area contributed by atoms with E-state index in [4.69, 9.17) is 9.47 Å². The summed E-state index contributed by atoms with van der Waals surface area (Å²) in [4.78, 5) is 13.4. The Balaban J connectivity index is 2.23. The largest absolute Gasteiger partial charge is 0.504 e. The molecule has 0 spiro atoms. The minimum Gasteiger partial charge on any atom is -0.504 e. The van der Waals surface area contributed by atoms with Crippen LogP contribution >= 0.6 is 0 Å². The number of hydrogen-bond donors (Lipinski definition) is 3. The Hall–Kier alpha value is -2.77. The van der Waals surface area contributed by atoms with Crippen LogP contribution in [0.15, 0.2) is 18.2 Å². The number of carbonyl (C=O) groups is 1. The van der Waals surface area contributed by atoms with Crippen molar-refractivity contribution in [3.8, 4) is 34.1 Å². The van der Waals surface area contributed by atoms with Gasteiger partial charge in [0.05, 0.1) is 40.4 Å². The van der Waals surface area contributed by atoms with Crippen molar-refractivity contribution in [1.82, 2.24) is 0 Å². The number of nitrogens with zero attached hydrogens (tertiary/aromatic N) is 1. The highest BCUT2D eigenvalue weighted by molar-refractivity contribution is 6.14. The number of methoxy groups -OCH3 is 2. The van der Waals surface area contributed by atoms with Gasteiger partial charge in [-0.1, -0.05) is 0 Å². The third kappa shape index (κ3) is 1.95. The van der Waals surface area contributed by atoms with Crippen LogP contribution < -0.4 is 9.47 Å². The molecule has 7 nitrogen and oxygen atoms in total. The number of aromatic hydroxyl groups is 2. The van der Waals surface area contributed by atoms with Gasteiger partial charge in [0, 0.05) is 23.1 Å². The molecule has 0 bridgehead atoms. The molecule has 0 saturated carbocycles. The number of ketones is 1. The van der Waals surface area contributed by atoms with E-state index >= 15 is 0 Å². The van der Waals surface area contributed by atoms with E-state index in [-0.39, 0.29) is 44.2 Å². The molecule has 2 aromatic rings. The number of aliphatic hydroxyl groups is 1. The maximum atomic E-state index is 13.4. The van der Waals surface area contributed by atoms with Gasteiger partial charge in [0.1, 0.15) is 0 Å². The number of ether oxygens (including phenoxy) is 2. The Morgan fingerprint density at radius 3 is 2.30 bits per heavy atom. The van der Waals surface area contributed by atoms with Crippen LogP contribution in [0.5, 0.6) is 23.0 Å². The molecule has 27 heavy (non-hydrogen) atoms. The van der Waals surface area contributed by atoms with E-state index in [9.17, 15) is 20.1 Å². The molecule has 142 valence electrons. The third-order valence-corrected chi connectivity index (χ3v) is 5.90. The zero-order valence-electron chi connectivity index (χ0n) is 15.7. The van der Waals surface area contributed by atoms with Crippen molar-refractivity contribution in [3.63, 3.8) is 0 Å². The second-order valence-corrected chi connectivity index (χ2v) is 7.54. The van der Waals surface area contributed by atoms with Crippen LogP contribution in [0.4, 0.5) is 0 Å². The smallest absolute Gasteiger partial charge is 0.293 e. The van der Waals surface area contributed by atoms with E-state index in [1.807, 2.05) is 0 Å². The molecule has 0 saturated heterocycles.